The molecular weight excluding hydrogens is 374 g/mol. The summed E-state index contributed by atoms with van der Waals surface area (Å²) in [5, 5.41) is 7.56. The maximum Gasteiger partial charge on any atom is 0.273 e. The lowest BCUT2D eigenvalue weighted by molar-refractivity contribution is 0.0743. The van der Waals surface area contributed by atoms with Crippen LogP contribution in [0.4, 0.5) is 0 Å². The summed E-state index contributed by atoms with van der Waals surface area (Å²) in [6, 6.07) is 16.3. The van der Waals surface area contributed by atoms with Gasteiger partial charge in [-0.1, -0.05) is 62.2 Å². The summed E-state index contributed by atoms with van der Waals surface area (Å²) in [6.45, 7) is 7.71. The van der Waals surface area contributed by atoms with E-state index < -0.39 is 0 Å². The predicted octanol–water partition coefficient (Wildman–Crippen LogP) is 5.52. The van der Waals surface area contributed by atoms with E-state index in [2.05, 4.69) is 67.4 Å². The van der Waals surface area contributed by atoms with Crippen LogP contribution in [0, 0.1) is 6.92 Å². The number of ether oxygens (including phenoxy) is 1. The lowest BCUT2D eigenvalue weighted by Crippen LogP contribution is -2.30. The maximum absolute atomic E-state index is 13.2. The third-order valence-electron chi connectivity index (χ3n) is 5.59. The van der Waals surface area contributed by atoms with Crippen LogP contribution >= 0.6 is 0 Å². The van der Waals surface area contributed by atoms with Crippen molar-refractivity contribution in [3.63, 3.8) is 0 Å². The Kier molecular flexibility index (Phi) is 5.88. The Labute approximate surface area is 178 Å². The molecule has 1 N–H and O–H groups in total. The predicted molar refractivity (Wildman–Crippen MR) is 119 cm³/mol. The number of benzene rings is 2. The first-order chi connectivity index (χ1) is 14.6. The molecule has 1 aromatic heterocycles. The smallest absolute Gasteiger partial charge is 0.273 e. The normalized spacial score (nSPS) is 15.5. The van der Waals surface area contributed by atoms with Crippen molar-refractivity contribution in [2.75, 3.05) is 13.2 Å². The first-order valence-electron chi connectivity index (χ1n) is 10.8. The minimum atomic E-state index is -0.169. The number of aromatic nitrogens is 2. The number of rotatable bonds is 8. The molecular formula is C25H29N3O2. The topological polar surface area (TPSA) is 58.2 Å². The zero-order chi connectivity index (χ0) is 21.1. The molecule has 0 fully saturated rings. The van der Waals surface area contributed by atoms with Gasteiger partial charge in [-0.15, -0.1) is 0 Å². The van der Waals surface area contributed by atoms with Crippen molar-refractivity contribution in [3.05, 3.63) is 70.9 Å². The van der Waals surface area contributed by atoms with Gasteiger partial charge in [0.1, 0.15) is 11.4 Å². The van der Waals surface area contributed by atoms with Crippen LogP contribution in [0.3, 0.4) is 0 Å². The van der Waals surface area contributed by atoms with Crippen LogP contribution in [0.25, 0.3) is 11.3 Å². The maximum atomic E-state index is 13.2. The number of aromatic amines is 1. The van der Waals surface area contributed by atoms with Crippen molar-refractivity contribution < 1.29 is 9.53 Å². The SMILES string of the molecule is CCCCOc1cccc(C2c3c(-c4ccc(C)cc4)n[nH]c3C(=O)N2CCC)c1. The van der Waals surface area contributed by atoms with Crippen molar-refractivity contribution >= 4 is 5.91 Å². The summed E-state index contributed by atoms with van der Waals surface area (Å²) in [4.78, 5) is 15.1. The minimum Gasteiger partial charge on any atom is -0.494 e. The van der Waals surface area contributed by atoms with Gasteiger partial charge in [0.2, 0.25) is 0 Å². The van der Waals surface area contributed by atoms with Gasteiger partial charge in [-0.25, -0.2) is 0 Å². The molecule has 1 aliphatic heterocycles. The molecule has 2 heterocycles. The van der Waals surface area contributed by atoms with E-state index >= 15 is 0 Å². The first-order valence-corrected chi connectivity index (χ1v) is 10.8. The Bertz CT molecular complexity index is 1020. The summed E-state index contributed by atoms with van der Waals surface area (Å²) in [6.07, 6.45) is 3.02. The number of carbonyl (C=O) groups is 1. The van der Waals surface area contributed by atoms with Crippen molar-refractivity contribution in [1.82, 2.24) is 15.1 Å². The van der Waals surface area contributed by atoms with Crippen molar-refractivity contribution in [3.8, 4) is 17.0 Å². The molecule has 5 nitrogen and oxygen atoms in total. The molecule has 2 aromatic carbocycles. The largest absolute Gasteiger partial charge is 0.494 e. The second-order valence-corrected chi connectivity index (χ2v) is 7.90. The van der Waals surface area contributed by atoms with Crippen LogP contribution < -0.4 is 4.74 Å². The Morgan fingerprint density at radius 2 is 1.90 bits per heavy atom. The van der Waals surface area contributed by atoms with Gasteiger partial charge < -0.3 is 9.64 Å². The fourth-order valence-electron chi connectivity index (χ4n) is 4.06. The molecule has 30 heavy (non-hydrogen) atoms. The van der Waals surface area contributed by atoms with Crippen molar-refractivity contribution in [2.45, 2.75) is 46.1 Å². The van der Waals surface area contributed by atoms with E-state index in [1.54, 1.807) is 0 Å². The number of carbonyl (C=O) groups excluding carboxylic acids is 1. The Morgan fingerprint density at radius 3 is 2.63 bits per heavy atom. The minimum absolute atomic E-state index is 0.0139. The van der Waals surface area contributed by atoms with Crippen LogP contribution in [0.15, 0.2) is 48.5 Å². The molecule has 0 saturated heterocycles. The van der Waals surface area contributed by atoms with E-state index in [1.807, 2.05) is 17.0 Å². The highest BCUT2D eigenvalue weighted by molar-refractivity contribution is 6.00. The quantitative estimate of drug-likeness (QED) is 0.504. The van der Waals surface area contributed by atoms with Crippen LogP contribution in [-0.2, 0) is 0 Å². The molecule has 156 valence electrons. The molecule has 1 atom stereocenters. The fourth-order valence-corrected chi connectivity index (χ4v) is 4.06. The van der Waals surface area contributed by atoms with Gasteiger partial charge in [-0.3, -0.25) is 9.89 Å². The van der Waals surface area contributed by atoms with Gasteiger partial charge in [0.15, 0.2) is 0 Å². The molecule has 0 bridgehead atoms. The van der Waals surface area contributed by atoms with Gasteiger partial charge in [-0.2, -0.15) is 5.10 Å². The molecule has 0 spiro atoms. The molecule has 1 aliphatic rings. The number of H-pyrrole nitrogens is 1. The second-order valence-electron chi connectivity index (χ2n) is 7.90. The molecule has 5 heteroatoms. The Hall–Kier alpha value is -3.08. The van der Waals surface area contributed by atoms with Gasteiger partial charge in [-0.05, 0) is 37.5 Å². The zero-order valence-corrected chi connectivity index (χ0v) is 17.9. The Balaban J connectivity index is 1.77. The molecule has 3 aromatic rings. The summed E-state index contributed by atoms with van der Waals surface area (Å²) >= 11 is 0. The molecule has 0 aliphatic carbocycles. The number of unbranched alkanes of at least 4 members (excludes halogenated alkanes) is 1. The monoisotopic (exact) mass is 403 g/mol. The summed E-state index contributed by atoms with van der Waals surface area (Å²) in [5.74, 6) is 0.860. The lowest BCUT2D eigenvalue weighted by atomic mass is 9.95. The van der Waals surface area contributed by atoms with Crippen molar-refractivity contribution in [1.29, 1.82) is 0 Å². The number of nitrogens with one attached hydrogen (secondary N) is 1. The second kappa shape index (κ2) is 8.74. The summed E-state index contributed by atoms with van der Waals surface area (Å²) in [7, 11) is 0. The number of hydrogen-bond acceptors (Lipinski definition) is 3. The molecule has 0 saturated carbocycles. The van der Waals surface area contributed by atoms with E-state index in [1.165, 1.54) is 5.56 Å². The van der Waals surface area contributed by atoms with Crippen molar-refractivity contribution in [2.24, 2.45) is 0 Å². The Morgan fingerprint density at radius 1 is 1.10 bits per heavy atom. The van der Waals surface area contributed by atoms with Crippen LogP contribution in [-0.4, -0.2) is 34.2 Å². The standard InChI is InChI=1S/C25H29N3O2/c1-4-6-15-30-20-9-7-8-19(16-20)24-21-22(18-12-10-17(3)11-13-18)26-27-23(21)25(29)28(24)14-5-2/h7-13,16,24H,4-6,14-15H2,1-3H3,(H,26,27). The van der Waals surface area contributed by atoms with Gasteiger partial charge >= 0.3 is 0 Å². The average Bonchev–Trinajstić information content (AvgIpc) is 3.29. The highest BCUT2D eigenvalue weighted by atomic mass is 16.5. The fraction of sp³-hybridized carbons (Fsp3) is 0.360. The number of fused-ring (bicyclic) bond motifs is 1. The van der Waals surface area contributed by atoms with E-state index in [-0.39, 0.29) is 11.9 Å². The first kappa shape index (κ1) is 20.2. The number of amides is 1. The molecule has 1 unspecified atom stereocenters. The van der Waals surface area contributed by atoms with E-state index in [0.29, 0.717) is 18.8 Å². The molecule has 1 amide bonds. The number of aryl methyl sites for hydroxylation is 1. The number of hydrogen-bond donors (Lipinski definition) is 1. The molecule has 4 rings (SSSR count). The van der Waals surface area contributed by atoms with Gasteiger partial charge in [0, 0.05) is 17.7 Å². The number of nitrogens with zero attached hydrogens (tertiary/aromatic N) is 2. The zero-order valence-electron chi connectivity index (χ0n) is 17.9. The van der Waals surface area contributed by atoms with E-state index in [0.717, 1.165) is 47.4 Å². The van der Waals surface area contributed by atoms with Crippen LogP contribution in [0.5, 0.6) is 5.75 Å². The van der Waals surface area contributed by atoms with Gasteiger partial charge in [0.25, 0.3) is 5.91 Å². The van der Waals surface area contributed by atoms with Crippen LogP contribution in [0.2, 0.25) is 0 Å². The average molecular weight is 404 g/mol. The third-order valence-corrected chi connectivity index (χ3v) is 5.59. The lowest BCUT2D eigenvalue weighted by Gasteiger charge is -2.26. The third kappa shape index (κ3) is 3.72. The summed E-state index contributed by atoms with van der Waals surface area (Å²) in [5.41, 5.74) is 5.68. The summed E-state index contributed by atoms with van der Waals surface area (Å²) < 4.78 is 5.94. The molecule has 0 radical (unpaired) electrons. The highest BCUT2D eigenvalue weighted by Gasteiger charge is 2.41. The van der Waals surface area contributed by atoms with E-state index in [9.17, 15) is 4.79 Å². The van der Waals surface area contributed by atoms with E-state index in [4.69, 9.17) is 4.74 Å². The van der Waals surface area contributed by atoms with Gasteiger partial charge in [0.05, 0.1) is 18.3 Å². The van der Waals surface area contributed by atoms with Crippen LogP contribution in [0.1, 0.15) is 66.3 Å². The highest BCUT2D eigenvalue weighted by Crippen LogP contribution is 2.43.